The van der Waals surface area contributed by atoms with Crippen molar-refractivity contribution >= 4 is 20.0 Å². The van der Waals surface area contributed by atoms with Crippen LogP contribution < -0.4 is 34.7 Å². The fourth-order valence-electron chi connectivity index (χ4n) is 0.441. The molecule has 0 fully saturated rings. The van der Waals surface area contributed by atoms with E-state index in [4.69, 9.17) is 4.89 Å². The van der Waals surface area contributed by atoms with Gasteiger partial charge in [0.1, 0.15) is 0 Å². The molecule has 0 radical (unpaired) electrons. The van der Waals surface area contributed by atoms with Crippen molar-refractivity contribution in [3.05, 3.63) is 0 Å². The van der Waals surface area contributed by atoms with Crippen LogP contribution >= 0.6 is 8.25 Å². The van der Waals surface area contributed by atoms with Crippen LogP contribution in [-0.4, -0.2) is 23.3 Å². The first-order valence-electron chi connectivity index (χ1n) is 3.03. The van der Waals surface area contributed by atoms with Gasteiger partial charge in [-0.3, -0.25) is 4.79 Å². The predicted molar refractivity (Wildman–Crippen MR) is 35.0 cm³/mol. The first-order valence-corrected chi connectivity index (χ1v) is 4.16. The summed E-state index contributed by atoms with van der Waals surface area (Å²) in [7, 11) is -2.79. The van der Waals surface area contributed by atoms with Gasteiger partial charge in [-0.05, 0) is 6.42 Å². The molecule has 0 saturated carbocycles. The van der Waals surface area contributed by atoms with Gasteiger partial charge in [0.2, 0.25) is 0 Å². The largest absolute Gasteiger partial charge is 1.00 e. The van der Waals surface area contributed by atoms with Crippen LogP contribution in [-0.2, 0) is 18.7 Å². The molecule has 0 rings (SSSR count). The molecule has 0 saturated heterocycles. The van der Waals surface area contributed by atoms with Gasteiger partial charge in [-0.2, -0.15) is 0 Å². The first kappa shape index (κ1) is 15.6. The smallest absolute Gasteiger partial charge is 0.550 e. The summed E-state index contributed by atoms with van der Waals surface area (Å²) in [4.78, 5) is 28.5. The monoisotopic (exact) mass is 217 g/mol. The Bertz CT molecular complexity index is 185. The molecule has 0 spiro atoms. The van der Waals surface area contributed by atoms with Crippen molar-refractivity contribution in [3.8, 4) is 0 Å². The summed E-state index contributed by atoms with van der Waals surface area (Å²) in [6, 6.07) is 0. The first-order chi connectivity index (χ1) is 5.52. The number of hydrogen-bond donors (Lipinski definition) is 1. The summed E-state index contributed by atoms with van der Waals surface area (Å²) in [5.41, 5.74) is 0. The molecule has 0 aliphatic rings. The number of hydrogen-bond acceptors (Lipinski definition) is 5. The third kappa shape index (κ3) is 12.2. The third-order valence-corrected chi connectivity index (χ3v) is 1.29. The Morgan fingerprint density at radius 3 is 2.31 bits per heavy atom. The molecule has 8 heteroatoms. The fraction of sp³-hybridized carbons (Fsp3) is 0.600. The van der Waals surface area contributed by atoms with Crippen molar-refractivity contribution in [2.45, 2.75) is 12.8 Å². The number of rotatable bonds is 6. The minimum atomic E-state index is -2.79. The van der Waals surface area contributed by atoms with Gasteiger partial charge in [-0.15, -0.1) is 9.42 Å². The minimum Gasteiger partial charge on any atom is -0.550 e. The summed E-state index contributed by atoms with van der Waals surface area (Å²) >= 11 is 0. The van der Waals surface area contributed by atoms with Gasteiger partial charge in [-0.25, -0.2) is 0 Å². The number of carbonyl (C=O) groups excluding carboxylic acids is 2. The Balaban J connectivity index is 0. The van der Waals surface area contributed by atoms with Crippen LogP contribution in [0.15, 0.2) is 0 Å². The number of ketones is 1. The van der Waals surface area contributed by atoms with Crippen LogP contribution in [0, 0.1) is 0 Å². The zero-order chi connectivity index (χ0) is 9.56. The molecule has 0 aromatic heterocycles. The van der Waals surface area contributed by atoms with Crippen molar-refractivity contribution in [1.82, 2.24) is 0 Å². The van der Waals surface area contributed by atoms with Gasteiger partial charge in [0, 0.05) is 17.0 Å². The Hall–Kier alpha value is 0.160. The topological polar surface area (TPSA) is 104 Å². The second-order valence-corrected chi connectivity index (χ2v) is 2.66. The minimum absolute atomic E-state index is 0. The summed E-state index contributed by atoms with van der Waals surface area (Å²) in [5.74, 6) is -1.88. The van der Waals surface area contributed by atoms with E-state index in [0.29, 0.717) is 0 Å². The molecule has 0 amide bonds. The van der Waals surface area contributed by atoms with Crippen molar-refractivity contribution in [2.75, 3.05) is 6.61 Å². The molecular formula is C5H7NaO6P+. The second kappa shape index (κ2) is 8.74. The fourth-order valence-corrected chi connectivity index (χ4v) is 0.695. The number of carbonyl (C=O) groups is 2. The van der Waals surface area contributed by atoms with Crippen LogP contribution in [0.25, 0.3) is 0 Å². The number of carboxylic acids is 1. The van der Waals surface area contributed by atoms with E-state index in [9.17, 15) is 19.3 Å². The average molecular weight is 217 g/mol. The maximum atomic E-state index is 10.6. The molecule has 1 atom stereocenters. The number of aliphatic carboxylic acids is 1. The summed E-state index contributed by atoms with van der Waals surface area (Å²) in [5, 5.41) is 9.83. The number of Topliss-reactive ketones (excluding diaryl/α,β-unsaturated/α-hetero) is 1. The zero-order valence-corrected chi connectivity index (χ0v) is 9.95. The van der Waals surface area contributed by atoms with E-state index in [0.717, 1.165) is 0 Å². The van der Waals surface area contributed by atoms with E-state index in [1.54, 1.807) is 0 Å². The van der Waals surface area contributed by atoms with E-state index in [2.05, 4.69) is 4.52 Å². The van der Waals surface area contributed by atoms with Gasteiger partial charge in [-0.1, -0.05) is 0 Å². The van der Waals surface area contributed by atoms with Gasteiger partial charge in [0.15, 0.2) is 12.4 Å². The van der Waals surface area contributed by atoms with Crippen molar-refractivity contribution in [3.63, 3.8) is 0 Å². The van der Waals surface area contributed by atoms with Crippen LogP contribution in [0.3, 0.4) is 0 Å². The van der Waals surface area contributed by atoms with Gasteiger partial charge in [0.05, 0.1) is 0 Å². The molecule has 0 heterocycles. The van der Waals surface area contributed by atoms with Crippen molar-refractivity contribution in [2.24, 2.45) is 0 Å². The van der Waals surface area contributed by atoms with Crippen LogP contribution in [0.2, 0.25) is 0 Å². The number of carboxylic acid groups (broad SMARTS) is 1. The summed E-state index contributed by atoms with van der Waals surface area (Å²) in [6.45, 7) is -0.543. The van der Waals surface area contributed by atoms with Gasteiger partial charge >= 0.3 is 37.8 Å². The molecule has 6 nitrogen and oxygen atoms in total. The Morgan fingerprint density at radius 2 is 1.92 bits per heavy atom. The maximum absolute atomic E-state index is 10.6. The maximum Gasteiger partial charge on any atom is 1.00 e. The standard InChI is InChI=1S/C5H7O6P.Na/c6-4(1-2-5(7)8)3-11-12(9)10;/h1-3H2,(H-,7,8,9,10);/q;+1. The summed E-state index contributed by atoms with van der Waals surface area (Å²) < 4.78 is 13.9. The van der Waals surface area contributed by atoms with E-state index in [1.807, 2.05) is 0 Å². The van der Waals surface area contributed by atoms with E-state index >= 15 is 0 Å². The van der Waals surface area contributed by atoms with Crippen LogP contribution in [0.1, 0.15) is 12.8 Å². The normalized spacial score (nSPS) is 10.1. The Morgan fingerprint density at radius 1 is 1.38 bits per heavy atom. The Labute approximate surface area is 97.5 Å². The molecule has 13 heavy (non-hydrogen) atoms. The van der Waals surface area contributed by atoms with Crippen molar-refractivity contribution < 1.29 is 58.2 Å². The van der Waals surface area contributed by atoms with Gasteiger partial charge < -0.3 is 9.90 Å². The van der Waals surface area contributed by atoms with E-state index in [1.165, 1.54) is 0 Å². The molecule has 0 aliphatic heterocycles. The molecule has 1 N–H and O–H groups in total. The quantitative estimate of drug-likeness (QED) is 0.357. The molecule has 0 aromatic carbocycles. The third-order valence-electron chi connectivity index (χ3n) is 0.944. The average Bonchev–Trinajstić information content (AvgIpc) is 1.96. The van der Waals surface area contributed by atoms with Gasteiger partial charge in [0.25, 0.3) is 0 Å². The Kier molecular flexibility index (Phi) is 10.5. The molecule has 0 aromatic rings. The van der Waals surface area contributed by atoms with Crippen LogP contribution in [0.4, 0.5) is 0 Å². The van der Waals surface area contributed by atoms with E-state index in [-0.39, 0.29) is 36.0 Å². The van der Waals surface area contributed by atoms with E-state index < -0.39 is 33.0 Å². The molecular weight excluding hydrogens is 210 g/mol. The van der Waals surface area contributed by atoms with Crippen molar-refractivity contribution in [1.29, 1.82) is 0 Å². The molecule has 68 valence electrons. The molecule has 0 aliphatic carbocycles. The molecule has 1 unspecified atom stereocenters. The summed E-state index contributed by atoms with van der Waals surface area (Å²) in [6.07, 6.45) is -0.643. The predicted octanol–water partition coefficient (Wildman–Crippen LogP) is -4.24. The molecule has 0 bridgehead atoms. The zero-order valence-electron chi connectivity index (χ0n) is 7.06. The SMILES string of the molecule is O=C([O-])CCC(=O)CO[P+](=O)O.[Na+]. The second-order valence-electron chi connectivity index (χ2n) is 1.92. The van der Waals surface area contributed by atoms with Crippen LogP contribution in [0.5, 0.6) is 0 Å².